The van der Waals surface area contributed by atoms with Gasteiger partial charge in [0, 0.05) is 11.8 Å². The molecule has 0 aromatic carbocycles. The number of thiazole rings is 1. The zero-order chi connectivity index (χ0) is 12.7. The maximum Gasteiger partial charge on any atom is 0.326 e. The molecule has 0 bridgehead atoms. The molecule has 1 heterocycles. The van der Waals surface area contributed by atoms with E-state index in [1.807, 2.05) is 12.3 Å². The van der Waals surface area contributed by atoms with Gasteiger partial charge in [0.25, 0.3) is 0 Å². The van der Waals surface area contributed by atoms with Gasteiger partial charge in [-0.2, -0.15) is 0 Å². The Hall–Kier alpha value is -1.43. The third-order valence-electron chi connectivity index (χ3n) is 2.30. The maximum absolute atomic E-state index is 11.5. The smallest absolute Gasteiger partial charge is 0.326 e. The van der Waals surface area contributed by atoms with Gasteiger partial charge in [-0.3, -0.25) is 4.79 Å². The molecule has 1 unspecified atom stereocenters. The second-order valence-corrected chi connectivity index (χ2v) is 4.45. The summed E-state index contributed by atoms with van der Waals surface area (Å²) in [6.07, 6.45) is 2.01. The first kappa shape index (κ1) is 13.6. The number of carbonyl (C=O) groups excluding carboxylic acids is 1. The molecule has 6 heteroatoms. The summed E-state index contributed by atoms with van der Waals surface area (Å²) in [6, 6.07) is -0.775. The molecule has 0 aliphatic heterocycles. The lowest BCUT2D eigenvalue weighted by Crippen LogP contribution is -2.40. The predicted molar refractivity (Wildman–Crippen MR) is 64.9 cm³/mol. The zero-order valence-electron chi connectivity index (χ0n) is 9.68. The number of carbonyl (C=O) groups is 2. The number of carboxylic acids is 1. The molecule has 94 valence electrons. The first-order chi connectivity index (χ1) is 8.13. The molecule has 17 heavy (non-hydrogen) atoms. The Morgan fingerprint density at radius 1 is 1.59 bits per heavy atom. The van der Waals surface area contributed by atoms with Crippen LogP contribution < -0.4 is 5.32 Å². The average Bonchev–Trinajstić information content (AvgIpc) is 2.78. The Balaban J connectivity index is 2.34. The van der Waals surface area contributed by atoms with Crippen LogP contribution in [0.2, 0.25) is 0 Å². The number of nitrogens with zero attached hydrogens (tertiary/aromatic N) is 1. The summed E-state index contributed by atoms with van der Waals surface area (Å²) in [6.45, 7) is 1.89. The van der Waals surface area contributed by atoms with Gasteiger partial charge in [0.15, 0.2) is 0 Å². The second kappa shape index (κ2) is 7.01. The molecule has 2 N–H and O–H groups in total. The highest BCUT2D eigenvalue weighted by Crippen LogP contribution is 2.04. The van der Waals surface area contributed by atoms with Gasteiger partial charge in [0.05, 0.1) is 11.2 Å². The topological polar surface area (TPSA) is 79.3 Å². The van der Waals surface area contributed by atoms with E-state index in [-0.39, 0.29) is 12.3 Å². The van der Waals surface area contributed by atoms with Crippen molar-refractivity contribution in [1.29, 1.82) is 0 Å². The van der Waals surface area contributed by atoms with Crippen molar-refractivity contribution in [3.05, 3.63) is 16.6 Å². The highest BCUT2D eigenvalue weighted by molar-refractivity contribution is 7.07. The molecule has 0 aliphatic carbocycles. The molecular weight excluding hydrogens is 240 g/mol. The fourth-order valence-corrected chi connectivity index (χ4v) is 2.01. The van der Waals surface area contributed by atoms with Crippen LogP contribution in [0.4, 0.5) is 0 Å². The second-order valence-electron chi connectivity index (χ2n) is 3.73. The Labute approximate surface area is 104 Å². The minimum atomic E-state index is -0.978. The molecule has 1 rings (SSSR count). The lowest BCUT2D eigenvalue weighted by Gasteiger charge is -2.12. The number of aryl methyl sites for hydroxylation is 1. The van der Waals surface area contributed by atoms with Crippen molar-refractivity contribution < 1.29 is 14.7 Å². The highest BCUT2D eigenvalue weighted by Gasteiger charge is 2.18. The summed E-state index contributed by atoms with van der Waals surface area (Å²) >= 11 is 1.48. The SMILES string of the molecule is CCCC(NC(=O)CCc1cscn1)C(=O)O. The monoisotopic (exact) mass is 256 g/mol. The lowest BCUT2D eigenvalue weighted by molar-refractivity contribution is -0.142. The van der Waals surface area contributed by atoms with Gasteiger partial charge >= 0.3 is 5.97 Å². The minimum absolute atomic E-state index is 0.237. The van der Waals surface area contributed by atoms with E-state index in [2.05, 4.69) is 10.3 Å². The number of hydrogen-bond donors (Lipinski definition) is 2. The van der Waals surface area contributed by atoms with Crippen LogP contribution in [-0.4, -0.2) is 28.0 Å². The van der Waals surface area contributed by atoms with Crippen molar-refractivity contribution in [1.82, 2.24) is 10.3 Å². The van der Waals surface area contributed by atoms with Gasteiger partial charge in [-0.05, 0) is 12.8 Å². The first-order valence-electron chi connectivity index (χ1n) is 5.52. The summed E-state index contributed by atoms with van der Waals surface area (Å²) in [4.78, 5) is 26.4. The molecule has 0 saturated carbocycles. The molecule has 0 radical (unpaired) electrons. The standard InChI is InChI=1S/C11H16N2O3S/c1-2-3-9(11(15)16)13-10(14)5-4-8-6-17-7-12-8/h6-7,9H,2-5H2,1H3,(H,13,14)(H,15,16). The number of aliphatic carboxylic acids is 1. The summed E-state index contributed by atoms with van der Waals surface area (Å²) in [5.74, 6) is -1.22. The summed E-state index contributed by atoms with van der Waals surface area (Å²) in [7, 11) is 0. The fourth-order valence-electron chi connectivity index (χ4n) is 1.42. The summed E-state index contributed by atoms with van der Waals surface area (Å²) in [5, 5.41) is 13.3. The van der Waals surface area contributed by atoms with Crippen LogP contribution in [0.1, 0.15) is 31.9 Å². The number of aromatic nitrogens is 1. The van der Waals surface area contributed by atoms with E-state index in [4.69, 9.17) is 5.11 Å². The van der Waals surface area contributed by atoms with Crippen LogP contribution in [0, 0.1) is 0 Å². The van der Waals surface area contributed by atoms with E-state index in [1.54, 1.807) is 5.51 Å². The molecule has 1 atom stereocenters. The normalized spacial score (nSPS) is 12.1. The highest BCUT2D eigenvalue weighted by atomic mass is 32.1. The van der Waals surface area contributed by atoms with Gasteiger partial charge in [-0.25, -0.2) is 9.78 Å². The summed E-state index contributed by atoms with van der Waals surface area (Å²) in [5.41, 5.74) is 2.58. The van der Waals surface area contributed by atoms with Crippen molar-refractivity contribution in [3.63, 3.8) is 0 Å². The average molecular weight is 256 g/mol. The van der Waals surface area contributed by atoms with Gasteiger partial charge in [-0.1, -0.05) is 13.3 Å². The number of carboxylic acid groups (broad SMARTS) is 1. The van der Waals surface area contributed by atoms with Gasteiger partial charge in [0.1, 0.15) is 6.04 Å². The van der Waals surface area contributed by atoms with Crippen LogP contribution in [0.15, 0.2) is 10.9 Å². The van der Waals surface area contributed by atoms with E-state index in [9.17, 15) is 9.59 Å². The fraction of sp³-hybridized carbons (Fsp3) is 0.545. The van der Waals surface area contributed by atoms with E-state index in [1.165, 1.54) is 11.3 Å². The van der Waals surface area contributed by atoms with Gasteiger partial charge in [0.2, 0.25) is 5.91 Å². The van der Waals surface area contributed by atoms with Crippen LogP contribution in [-0.2, 0) is 16.0 Å². The van der Waals surface area contributed by atoms with E-state index >= 15 is 0 Å². The molecule has 1 amide bonds. The molecule has 0 aliphatic rings. The third kappa shape index (κ3) is 4.95. The Morgan fingerprint density at radius 2 is 2.35 bits per heavy atom. The quantitative estimate of drug-likeness (QED) is 0.773. The Morgan fingerprint density at radius 3 is 2.88 bits per heavy atom. The zero-order valence-corrected chi connectivity index (χ0v) is 10.5. The molecule has 0 saturated heterocycles. The van der Waals surface area contributed by atoms with Crippen LogP contribution in [0.5, 0.6) is 0 Å². The van der Waals surface area contributed by atoms with Crippen LogP contribution >= 0.6 is 11.3 Å². The van der Waals surface area contributed by atoms with Crippen molar-refractivity contribution in [2.75, 3.05) is 0 Å². The first-order valence-corrected chi connectivity index (χ1v) is 6.47. The molecule has 5 nitrogen and oxygen atoms in total. The number of nitrogens with one attached hydrogen (secondary N) is 1. The van der Waals surface area contributed by atoms with Crippen molar-refractivity contribution in [3.8, 4) is 0 Å². The van der Waals surface area contributed by atoms with E-state index in [0.717, 1.165) is 12.1 Å². The van der Waals surface area contributed by atoms with E-state index < -0.39 is 12.0 Å². The molecule has 1 aromatic heterocycles. The predicted octanol–water partition coefficient (Wildman–Crippen LogP) is 1.45. The lowest BCUT2D eigenvalue weighted by atomic mass is 10.1. The van der Waals surface area contributed by atoms with Crippen molar-refractivity contribution in [2.45, 2.75) is 38.6 Å². The molecule has 0 spiro atoms. The number of amides is 1. The van der Waals surface area contributed by atoms with Gasteiger partial charge in [-0.15, -0.1) is 11.3 Å². The van der Waals surface area contributed by atoms with E-state index in [0.29, 0.717) is 12.8 Å². The maximum atomic E-state index is 11.5. The molecular formula is C11H16N2O3S. The van der Waals surface area contributed by atoms with Crippen LogP contribution in [0.3, 0.4) is 0 Å². The van der Waals surface area contributed by atoms with Crippen molar-refractivity contribution >= 4 is 23.2 Å². The molecule has 1 aromatic rings. The van der Waals surface area contributed by atoms with Gasteiger partial charge < -0.3 is 10.4 Å². The molecule has 0 fully saturated rings. The Bertz CT molecular complexity index is 365. The summed E-state index contributed by atoms with van der Waals surface area (Å²) < 4.78 is 0. The Kier molecular flexibility index (Phi) is 5.62. The minimum Gasteiger partial charge on any atom is -0.480 e. The largest absolute Gasteiger partial charge is 0.480 e. The third-order valence-corrected chi connectivity index (χ3v) is 2.94. The van der Waals surface area contributed by atoms with Crippen LogP contribution in [0.25, 0.3) is 0 Å². The number of hydrogen-bond acceptors (Lipinski definition) is 4. The van der Waals surface area contributed by atoms with Crippen molar-refractivity contribution in [2.24, 2.45) is 0 Å². The number of rotatable bonds is 7.